The van der Waals surface area contributed by atoms with E-state index in [-0.39, 0.29) is 29.7 Å². The van der Waals surface area contributed by atoms with Crippen LogP contribution in [0.3, 0.4) is 0 Å². The maximum Gasteiger partial charge on any atom is 0.355 e. The number of halogens is 1. The summed E-state index contributed by atoms with van der Waals surface area (Å²) in [7, 11) is 1.53. The van der Waals surface area contributed by atoms with Crippen LogP contribution in [-0.2, 0) is 20.8 Å². The predicted octanol–water partition coefficient (Wildman–Crippen LogP) is 3.15. The van der Waals surface area contributed by atoms with Crippen LogP contribution in [0.15, 0.2) is 24.3 Å². The van der Waals surface area contributed by atoms with Gasteiger partial charge >= 0.3 is 11.9 Å². The monoisotopic (exact) mass is 404 g/mol. The van der Waals surface area contributed by atoms with E-state index in [1.807, 2.05) is 0 Å². The highest BCUT2D eigenvalue weighted by Gasteiger charge is 2.25. The van der Waals surface area contributed by atoms with E-state index in [9.17, 15) is 18.8 Å². The van der Waals surface area contributed by atoms with Crippen molar-refractivity contribution >= 4 is 17.8 Å². The smallest absolute Gasteiger partial charge is 0.355 e. The van der Waals surface area contributed by atoms with Gasteiger partial charge in [0.25, 0.3) is 5.91 Å². The molecule has 1 aromatic heterocycles. The number of esters is 2. The molecule has 1 aromatic carbocycles. The summed E-state index contributed by atoms with van der Waals surface area (Å²) in [5.74, 6) is -2.11. The topological polar surface area (TPSA) is 88.7 Å². The van der Waals surface area contributed by atoms with Crippen LogP contribution < -0.4 is 0 Å². The number of aromatic amines is 1. The molecule has 0 aliphatic heterocycles. The van der Waals surface area contributed by atoms with Crippen molar-refractivity contribution in [1.29, 1.82) is 0 Å². The van der Waals surface area contributed by atoms with Gasteiger partial charge in [0.1, 0.15) is 11.5 Å². The molecule has 8 heteroatoms. The largest absolute Gasteiger partial charge is 0.459 e. The number of aromatic nitrogens is 1. The highest BCUT2D eigenvalue weighted by Crippen LogP contribution is 2.20. The fourth-order valence-corrected chi connectivity index (χ4v) is 2.84. The van der Waals surface area contributed by atoms with Crippen LogP contribution >= 0.6 is 0 Å². The molecule has 2 aromatic rings. The maximum absolute atomic E-state index is 13.3. The molecule has 29 heavy (non-hydrogen) atoms. The summed E-state index contributed by atoms with van der Waals surface area (Å²) in [6, 6.07) is 5.90. The number of aryl methyl sites for hydroxylation is 1. The van der Waals surface area contributed by atoms with Gasteiger partial charge in [-0.05, 0) is 51.0 Å². The number of amides is 1. The molecular formula is C21H25FN2O5. The molecule has 2 rings (SSSR count). The molecule has 0 saturated carbocycles. The normalized spacial score (nSPS) is 10.7. The van der Waals surface area contributed by atoms with Gasteiger partial charge in [0.05, 0.1) is 11.7 Å². The Morgan fingerprint density at radius 3 is 2.48 bits per heavy atom. The number of nitrogens with zero attached hydrogens (tertiary/aromatic N) is 1. The molecule has 156 valence electrons. The zero-order valence-corrected chi connectivity index (χ0v) is 17.2. The van der Waals surface area contributed by atoms with Crippen molar-refractivity contribution in [3.05, 3.63) is 58.2 Å². The minimum atomic E-state index is -0.748. The molecular weight excluding hydrogens is 379 g/mol. The number of H-pyrrole nitrogens is 1. The standard InChI is InChI=1S/C21H25FN2O5/c1-12(2)29-20(26)18-13(3)19(23-14(18)4)21(27)28-11-17(25)24(5)10-15-7-6-8-16(22)9-15/h6-9,12,23H,10-11H2,1-5H3. The molecule has 1 amide bonds. The molecule has 0 atom stereocenters. The third kappa shape index (κ3) is 5.66. The summed E-state index contributed by atoms with van der Waals surface area (Å²) in [6.45, 7) is 6.42. The van der Waals surface area contributed by atoms with Crippen LogP contribution in [0.25, 0.3) is 0 Å². The van der Waals surface area contributed by atoms with Gasteiger partial charge in [0.2, 0.25) is 0 Å². The summed E-state index contributed by atoms with van der Waals surface area (Å²) in [5, 5.41) is 0. The minimum absolute atomic E-state index is 0.0961. The first-order valence-corrected chi connectivity index (χ1v) is 9.15. The fraction of sp³-hybridized carbons (Fsp3) is 0.381. The SMILES string of the molecule is Cc1[nH]c(C(=O)OCC(=O)N(C)Cc2cccc(F)c2)c(C)c1C(=O)OC(C)C. The predicted molar refractivity (Wildman–Crippen MR) is 104 cm³/mol. The molecule has 7 nitrogen and oxygen atoms in total. The summed E-state index contributed by atoms with van der Waals surface area (Å²) < 4.78 is 23.5. The van der Waals surface area contributed by atoms with E-state index in [1.165, 1.54) is 24.1 Å². The van der Waals surface area contributed by atoms with Crippen LogP contribution in [0.1, 0.15) is 51.5 Å². The summed E-state index contributed by atoms with van der Waals surface area (Å²) in [4.78, 5) is 41.0. The molecule has 0 aliphatic carbocycles. The molecule has 0 unspecified atom stereocenters. The lowest BCUT2D eigenvalue weighted by Gasteiger charge is -2.17. The van der Waals surface area contributed by atoms with Crippen molar-refractivity contribution in [3.63, 3.8) is 0 Å². The third-order valence-corrected chi connectivity index (χ3v) is 4.25. The molecule has 1 N–H and O–H groups in total. The number of ether oxygens (including phenoxy) is 2. The first-order chi connectivity index (χ1) is 13.6. The number of benzene rings is 1. The van der Waals surface area contributed by atoms with Gasteiger partial charge in [-0.2, -0.15) is 0 Å². The van der Waals surface area contributed by atoms with Crippen LogP contribution in [-0.4, -0.2) is 47.5 Å². The van der Waals surface area contributed by atoms with Gasteiger partial charge in [0, 0.05) is 19.3 Å². The molecule has 0 spiro atoms. The van der Waals surface area contributed by atoms with E-state index in [2.05, 4.69) is 4.98 Å². The highest BCUT2D eigenvalue weighted by atomic mass is 19.1. The Hall–Kier alpha value is -3.16. The number of hydrogen-bond donors (Lipinski definition) is 1. The van der Waals surface area contributed by atoms with Crippen LogP contribution in [0.2, 0.25) is 0 Å². The first-order valence-electron chi connectivity index (χ1n) is 9.15. The Balaban J connectivity index is 2.00. The molecule has 1 heterocycles. The lowest BCUT2D eigenvalue weighted by atomic mass is 10.1. The van der Waals surface area contributed by atoms with Gasteiger partial charge in [-0.25, -0.2) is 14.0 Å². The van der Waals surface area contributed by atoms with Crippen molar-refractivity contribution in [1.82, 2.24) is 9.88 Å². The Morgan fingerprint density at radius 2 is 1.86 bits per heavy atom. The molecule has 0 saturated heterocycles. The first kappa shape index (κ1) is 22.1. The van der Waals surface area contributed by atoms with Crippen LogP contribution in [0, 0.1) is 19.7 Å². The summed E-state index contributed by atoms with van der Waals surface area (Å²) in [5.41, 5.74) is 1.88. The summed E-state index contributed by atoms with van der Waals surface area (Å²) in [6.07, 6.45) is -0.294. The van der Waals surface area contributed by atoms with E-state index in [4.69, 9.17) is 9.47 Å². The average molecular weight is 404 g/mol. The van der Waals surface area contributed by atoms with Gasteiger partial charge in [-0.1, -0.05) is 12.1 Å². The zero-order chi connectivity index (χ0) is 21.7. The van der Waals surface area contributed by atoms with E-state index >= 15 is 0 Å². The lowest BCUT2D eigenvalue weighted by Crippen LogP contribution is -2.31. The van der Waals surface area contributed by atoms with Crippen LogP contribution in [0.4, 0.5) is 4.39 Å². The van der Waals surface area contributed by atoms with Gasteiger partial charge < -0.3 is 19.4 Å². The second-order valence-electron chi connectivity index (χ2n) is 7.03. The van der Waals surface area contributed by atoms with Gasteiger partial charge in [-0.3, -0.25) is 4.79 Å². The van der Waals surface area contributed by atoms with Gasteiger partial charge in [-0.15, -0.1) is 0 Å². The zero-order valence-electron chi connectivity index (χ0n) is 17.2. The lowest BCUT2D eigenvalue weighted by molar-refractivity contribution is -0.133. The minimum Gasteiger partial charge on any atom is -0.459 e. The molecule has 0 aliphatic rings. The number of rotatable bonds is 7. The van der Waals surface area contributed by atoms with Crippen molar-refractivity contribution in [2.75, 3.05) is 13.7 Å². The highest BCUT2D eigenvalue weighted by molar-refractivity contribution is 5.99. The number of carbonyl (C=O) groups is 3. The molecule has 0 radical (unpaired) electrons. The van der Waals surface area contributed by atoms with Crippen molar-refractivity contribution in [2.24, 2.45) is 0 Å². The third-order valence-electron chi connectivity index (χ3n) is 4.25. The van der Waals surface area contributed by atoms with Crippen LogP contribution in [0.5, 0.6) is 0 Å². The number of nitrogens with one attached hydrogen (secondary N) is 1. The number of carbonyl (C=O) groups excluding carboxylic acids is 3. The quantitative estimate of drug-likeness (QED) is 0.716. The van der Waals surface area contributed by atoms with E-state index in [1.54, 1.807) is 39.8 Å². The number of likely N-dealkylation sites (N-methyl/N-ethyl adjacent to an activating group) is 1. The molecule has 0 fully saturated rings. The van der Waals surface area contributed by atoms with E-state index in [0.717, 1.165) is 0 Å². The number of hydrogen-bond acceptors (Lipinski definition) is 5. The average Bonchev–Trinajstić information content (AvgIpc) is 2.93. The fourth-order valence-electron chi connectivity index (χ4n) is 2.84. The Morgan fingerprint density at radius 1 is 1.17 bits per heavy atom. The maximum atomic E-state index is 13.3. The van der Waals surface area contributed by atoms with Gasteiger partial charge in [0.15, 0.2) is 6.61 Å². The second kappa shape index (κ2) is 9.36. The van der Waals surface area contributed by atoms with E-state index in [0.29, 0.717) is 16.8 Å². The Labute approximate surface area is 168 Å². The van der Waals surface area contributed by atoms with E-state index < -0.39 is 24.5 Å². The van der Waals surface area contributed by atoms with Crippen molar-refractivity contribution in [3.8, 4) is 0 Å². The Kier molecular flexibility index (Phi) is 7.14. The Bertz CT molecular complexity index is 920. The summed E-state index contributed by atoms with van der Waals surface area (Å²) >= 11 is 0. The second-order valence-corrected chi connectivity index (χ2v) is 7.03. The molecule has 0 bridgehead atoms. The van der Waals surface area contributed by atoms with Crippen molar-refractivity contribution < 1.29 is 28.2 Å². The van der Waals surface area contributed by atoms with Crippen molar-refractivity contribution in [2.45, 2.75) is 40.3 Å².